The zero-order valence-corrected chi connectivity index (χ0v) is 13.1. The summed E-state index contributed by atoms with van der Waals surface area (Å²) in [5.41, 5.74) is -2.83. The molecule has 0 aromatic rings. The van der Waals surface area contributed by atoms with Crippen molar-refractivity contribution in [1.29, 1.82) is 0 Å². The van der Waals surface area contributed by atoms with Crippen LogP contribution in [0.3, 0.4) is 0 Å². The van der Waals surface area contributed by atoms with Gasteiger partial charge in [0.2, 0.25) is 0 Å². The number of carbonyl (C=O) groups is 3. The number of aliphatic hydroxyl groups is 1. The Kier molecular flexibility index (Phi) is 5.23. The summed E-state index contributed by atoms with van der Waals surface area (Å²) in [6, 6.07) is 0. The molecule has 1 saturated heterocycles. The lowest BCUT2D eigenvalue weighted by atomic mass is 9.98. The van der Waals surface area contributed by atoms with Crippen LogP contribution in [0.2, 0.25) is 0 Å². The maximum atomic E-state index is 11.6. The van der Waals surface area contributed by atoms with Crippen molar-refractivity contribution in [2.75, 3.05) is 13.7 Å². The Morgan fingerprint density at radius 1 is 1.32 bits per heavy atom. The van der Waals surface area contributed by atoms with Crippen molar-refractivity contribution in [3.8, 4) is 0 Å². The predicted octanol–water partition coefficient (Wildman–Crippen LogP) is 0.766. The van der Waals surface area contributed by atoms with Crippen molar-refractivity contribution in [3.05, 3.63) is 0 Å². The molecule has 0 aromatic carbocycles. The monoisotopic (exact) mass is 320 g/mol. The minimum Gasteiger partial charge on any atom is -0.452 e. The molecule has 1 aliphatic rings. The zero-order chi connectivity index (χ0) is 17.1. The van der Waals surface area contributed by atoms with E-state index in [-0.39, 0.29) is 0 Å². The maximum absolute atomic E-state index is 11.6. The number of carbonyl (C=O) groups excluding carboxylic acids is 3. The normalized spacial score (nSPS) is 27.8. The third-order valence-corrected chi connectivity index (χ3v) is 2.71. The van der Waals surface area contributed by atoms with Crippen LogP contribution in [0.15, 0.2) is 0 Å². The van der Waals surface area contributed by atoms with Gasteiger partial charge >= 0.3 is 18.3 Å². The van der Waals surface area contributed by atoms with Gasteiger partial charge in [0.1, 0.15) is 12.2 Å². The number of hydrogen-bond donors (Lipinski definition) is 1. The molecule has 3 atom stereocenters. The summed E-state index contributed by atoms with van der Waals surface area (Å²) < 4.78 is 23.7. The lowest BCUT2D eigenvalue weighted by molar-refractivity contribution is -0.155. The van der Waals surface area contributed by atoms with Crippen LogP contribution in [-0.2, 0) is 28.5 Å². The molecular formula is C13H20O9. The largest absolute Gasteiger partial charge is 0.508 e. The van der Waals surface area contributed by atoms with Crippen molar-refractivity contribution in [2.45, 2.75) is 51.1 Å². The minimum atomic E-state index is -2.07. The standard InChI is InChI=1S/C13H20O9/c1-12(2,3)22-11(16)19-6-7-8(21-10(15)18-5)13(4,17)9(14)20-7/h7-8,17H,6H2,1-5H3/t7-,8-,13+/m1/s1. The first-order chi connectivity index (χ1) is 9.97. The Morgan fingerprint density at radius 2 is 1.91 bits per heavy atom. The molecule has 0 saturated carbocycles. The molecule has 126 valence electrons. The van der Waals surface area contributed by atoms with E-state index in [1.807, 2.05) is 0 Å². The number of methoxy groups -OCH3 is 1. The Bertz CT molecular complexity index is 449. The molecular weight excluding hydrogens is 300 g/mol. The number of cyclic esters (lactones) is 1. The van der Waals surface area contributed by atoms with Gasteiger partial charge in [-0.15, -0.1) is 0 Å². The van der Waals surface area contributed by atoms with E-state index in [4.69, 9.17) is 18.9 Å². The van der Waals surface area contributed by atoms with Gasteiger partial charge in [0.05, 0.1) is 7.11 Å². The van der Waals surface area contributed by atoms with E-state index in [0.29, 0.717) is 0 Å². The zero-order valence-electron chi connectivity index (χ0n) is 13.1. The Labute approximate surface area is 127 Å². The molecule has 1 fully saturated rings. The Balaban J connectivity index is 2.69. The van der Waals surface area contributed by atoms with Crippen LogP contribution in [0, 0.1) is 0 Å². The molecule has 0 unspecified atom stereocenters. The van der Waals surface area contributed by atoms with E-state index in [1.165, 1.54) is 0 Å². The van der Waals surface area contributed by atoms with Gasteiger partial charge in [0, 0.05) is 0 Å². The van der Waals surface area contributed by atoms with Crippen LogP contribution < -0.4 is 0 Å². The Morgan fingerprint density at radius 3 is 2.41 bits per heavy atom. The van der Waals surface area contributed by atoms with Gasteiger partial charge in [0.15, 0.2) is 17.8 Å². The molecule has 0 radical (unpaired) electrons. The van der Waals surface area contributed by atoms with Gasteiger partial charge < -0.3 is 28.8 Å². The second-order valence-corrected chi connectivity index (χ2v) is 5.86. The van der Waals surface area contributed by atoms with Crippen molar-refractivity contribution in [1.82, 2.24) is 0 Å². The lowest BCUT2D eigenvalue weighted by Crippen LogP contribution is -2.47. The lowest BCUT2D eigenvalue weighted by Gasteiger charge is -2.24. The third kappa shape index (κ3) is 4.48. The van der Waals surface area contributed by atoms with E-state index in [9.17, 15) is 19.5 Å². The average molecular weight is 320 g/mol. The summed E-state index contributed by atoms with van der Waals surface area (Å²) in [5, 5.41) is 10.0. The molecule has 0 aliphatic carbocycles. The summed E-state index contributed by atoms with van der Waals surface area (Å²) in [7, 11) is 1.07. The fourth-order valence-corrected chi connectivity index (χ4v) is 1.69. The Hall–Kier alpha value is -2.03. The third-order valence-electron chi connectivity index (χ3n) is 2.71. The quantitative estimate of drug-likeness (QED) is 0.594. The van der Waals surface area contributed by atoms with E-state index in [0.717, 1.165) is 14.0 Å². The average Bonchev–Trinajstić information content (AvgIpc) is 2.57. The van der Waals surface area contributed by atoms with E-state index in [1.54, 1.807) is 20.8 Å². The molecule has 1 aliphatic heterocycles. The fraction of sp³-hybridized carbons (Fsp3) is 0.769. The summed E-state index contributed by atoms with van der Waals surface area (Å²) in [6.45, 7) is 5.63. The number of rotatable bonds is 3. The maximum Gasteiger partial charge on any atom is 0.508 e. The first-order valence-corrected chi connectivity index (χ1v) is 6.51. The highest BCUT2D eigenvalue weighted by atomic mass is 16.8. The van der Waals surface area contributed by atoms with Gasteiger partial charge in [-0.3, -0.25) is 0 Å². The SMILES string of the molecule is COC(=O)O[C@@H]1[C@@H](COC(=O)OC(C)(C)C)OC(=O)[C@@]1(C)O. The topological polar surface area (TPSA) is 118 Å². The minimum absolute atomic E-state index is 0.446. The first kappa shape index (κ1) is 18.0. The highest BCUT2D eigenvalue weighted by Gasteiger charge is 2.56. The summed E-state index contributed by atoms with van der Waals surface area (Å²) in [5.74, 6) is -1.00. The van der Waals surface area contributed by atoms with Crippen LogP contribution in [-0.4, -0.2) is 60.5 Å². The molecule has 1 rings (SSSR count). The van der Waals surface area contributed by atoms with Crippen molar-refractivity contribution >= 4 is 18.3 Å². The number of esters is 1. The van der Waals surface area contributed by atoms with Crippen molar-refractivity contribution < 1.29 is 43.2 Å². The smallest absolute Gasteiger partial charge is 0.452 e. The molecule has 0 amide bonds. The summed E-state index contributed by atoms with van der Waals surface area (Å²) >= 11 is 0. The molecule has 0 bridgehead atoms. The summed E-state index contributed by atoms with van der Waals surface area (Å²) in [4.78, 5) is 34.2. The van der Waals surface area contributed by atoms with Gasteiger partial charge in [-0.1, -0.05) is 0 Å². The van der Waals surface area contributed by atoms with Crippen molar-refractivity contribution in [2.24, 2.45) is 0 Å². The van der Waals surface area contributed by atoms with Crippen LogP contribution in [0.1, 0.15) is 27.7 Å². The van der Waals surface area contributed by atoms with E-state index >= 15 is 0 Å². The van der Waals surface area contributed by atoms with Crippen molar-refractivity contribution in [3.63, 3.8) is 0 Å². The van der Waals surface area contributed by atoms with Crippen LogP contribution in [0.4, 0.5) is 9.59 Å². The number of ether oxygens (including phenoxy) is 5. The molecule has 9 nitrogen and oxygen atoms in total. The summed E-state index contributed by atoms with van der Waals surface area (Å²) in [6.07, 6.45) is -4.64. The van der Waals surface area contributed by atoms with Crippen LogP contribution in [0.5, 0.6) is 0 Å². The predicted molar refractivity (Wildman–Crippen MR) is 70.0 cm³/mol. The second kappa shape index (κ2) is 6.39. The second-order valence-electron chi connectivity index (χ2n) is 5.86. The van der Waals surface area contributed by atoms with E-state index < -0.39 is 48.3 Å². The van der Waals surface area contributed by atoms with Crippen LogP contribution >= 0.6 is 0 Å². The van der Waals surface area contributed by atoms with E-state index in [2.05, 4.69) is 4.74 Å². The van der Waals surface area contributed by atoms with Gasteiger partial charge in [-0.25, -0.2) is 14.4 Å². The molecule has 9 heteroatoms. The molecule has 1 N–H and O–H groups in total. The molecule has 22 heavy (non-hydrogen) atoms. The van der Waals surface area contributed by atoms with Gasteiger partial charge in [0.25, 0.3) is 0 Å². The van der Waals surface area contributed by atoms with Crippen LogP contribution in [0.25, 0.3) is 0 Å². The highest BCUT2D eigenvalue weighted by Crippen LogP contribution is 2.29. The number of hydrogen-bond acceptors (Lipinski definition) is 9. The molecule has 0 spiro atoms. The molecule has 0 aromatic heterocycles. The first-order valence-electron chi connectivity index (χ1n) is 6.51. The highest BCUT2D eigenvalue weighted by molar-refractivity contribution is 5.83. The van der Waals surface area contributed by atoms with Gasteiger partial charge in [-0.05, 0) is 27.7 Å². The molecule has 1 heterocycles. The fourth-order valence-electron chi connectivity index (χ4n) is 1.69. The van der Waals surface area contributed by atoms with Gasteiger partial charge in [-0.2, -0.15) is 0 Å².